The Kier molecular flexibility index (Phi) is 1.24. The van der Waals surface area contributed by atoms with Crippen molar-refractivity contribution in [2.45, 2.75) is 0 Å². The molecule has 1 aromatic rings. The van der Waals surface area contributed by atoms with Crippen LogP contribution in [-0.4, -0.2) is 11.8 Å². The van der Waals surface area contributed by atoms with Gasteiger partial charge in [0.15, 0.2) is 5.75 Å². The van der Waals surface area contributed by atoms with Gasteiger partial charge in [-0.1, -0.05) is 0 Å². The fraction of sp³-hybridized carbons (Fsp3) is 0.125. The number of fused-ring (bicyclic) bond motifs is 1. The lowest BCUT2D eigenvalue weighted by Gasteiger charge is -1.98. The molecule has 2 rings (SSSR count). The second-order valence-electron chi connectivity index (χ2n) is 2.17. The maximum atomic E-state index is 5.47. The first-order valence-corrected chi connectivity index (χ1v) is 3.09. The third-order valence-corrected chi connectivity index (χ3v) is 1.43. The van der Waals surface area contributed by atoms with Crippen LogP contribution in [0.1, 0.15) is 11.3 Å². The van der Waals surface area contributed by atoms with Crippen LogP contribution in [0.3, 0.4) is 0 Å². The van der Waals surface area contributed by atoms with Crippen LogP contribution in [0.2, 0.25) is 0 Å². The number of hydrogen-bond acceptors (Lipinski definition) is 3. The molecular weight excluding hydrogens is 142 g/mol. The van der Waals surface area contributed by atoms with Crippen LogP contribution in [0.4, 0.5) is 0 Å². The Morgan fingerprint density at radius 1 is 1.36 bits per heavy atom. The molecule has 0 fully saturated rings. The molecule has 1 aliphatic rings. The van der Waals surface area contributed by atoms with Gasteiger partial charge >= 0.3 is 0 Å². The molecule has 0 amide bonds. The molecule has 0 spiro atoms. The van der Waals surface area contributed by atoms with E-state index in [-0.39, 0.29) is 12.5 Å². The molecule has 0 saturated carbocycles. The van der Waals surface area contributed by atoms with Gasteiger partial charge in [0, 0.05) is 13.8 Å². The van der Waals surface area contributed by atoms with Gasteiger partial charge in [-0.25, -0.2) is 4.98 Å². The number of pyridine rings is 1. The molecule has 0 saturated heterocycles. The molecule has 1 aromatic heterocycles. The zero-order chi connectivity index (χ0) is 7.84. The minimum absolute atomic E-state index is 0.186. The lowest BCUT2D eigenvalue weighted by molar-refractivity contribution is 0.171. The predicted octanol–water partition coefficient (Wildman–Crippen LogP) is 0.929. The van der Waals surface area contributed by atoms with E-state index in [4.69, 9.17) is 23.3 Å². The van der Waals surface area contributed by atoms with E-state index in [2.05, 4.69) is 4.98 Å². The molecule has 0 aliphatic carbocycles. The van der Waals surface area contributed by atoms with Crippen LogP contribution in [0.25, 0.3) is 0 Å². The van der Waals surface area contributed by atoms with E-state index in [0.29, 0.717) is 17.2 Å². The van der Waals surface area contributed by atoms with Crippen molar-refractivity contribution in [1.82, 2.24) is 4.98 Å². The Balaban J connectivity index is 2.57. The quantitative estimate of drug-likeness (QED) is 0.547. The van der Waals surface area contributed by atoms with E-state index in [1.807, 2.05) is 0 Å². The second-order valence-corrected chi connectivity index (χ2v) is 2.17. The first-order valence-electron chi connectivity index (χ1n) is 3.09. The van der Waals surface area contributed by atoms with Gasteiger partial charge in [0.1, 0.15) is 0 Å². The van der Waals surface area contributed by atoms with Crippen LogP contribution in [0, 0.1) is 13.8 Å². The Morgan fingerprint density at radius 2 is 2.18 bits per heavy atom. The fourth-order valence-corrected chi connectivity index (χ4v) is 0.862. The molecule has 2 heterocycles. The topological polar surface area (TPSA) is 31.4 Å². The lowest BCUT2D eigenvalue weighted by Crippen LogP contribution is -1.93. The fourth-order valence-electron chi connectivity index (χ4n) is 0.862. The van der Waals surface area contributed by atoms with Crippen LogP contribution >= 0.6 is 0 Å². The highest BCUT2D eigenvalue weighted by atomic mass is 16.7. The first-order chi connectivity index (χ1) is 5.27. The van der Waals surface area contributed by atoms with Crippen LogP contribution in [-0.2, 0) is 0 Å². The van der Waals surface area contributed by atoms with E-state index < -0.39 is 0 Å². The van der Waals surface area contributed by atoms with Crippen molar-refractivity contribution in [3.63, 3.8) is 0 Å². The zero-order valence-electron chi connectivity index (χ0n) is 5.70. The molecule has 11 heavy (non-hydrogen) atoms. The number of hydrogen-bond donors (Lipinski definition) is 0. The van der Waals surface area contributed by atoms with Crippen molar-refractivity contribution in [3.8, 4) is 11.6 Å². The minimum Gasteiger partial charge on any atom is -0.452 e. The molecule has 0 atom stereocenters. The third-order valence-electron chi connectivity index (χ3n) is 1.43. The van der Waals surface area contributed by atoms with E-state index in [9.17, 15) is 0 Å². The summed E-state index contributed by atoms with van der Waals surface area (Å²) in [5.74, 6) is 0.966. The first kappa shape index (κ1) is 6.46. The van der Waals surface area contributed by atoms with Gasteiger partial charge in [0.05, 0.1) is 5.69 Å². The SMILES string of the molecule is [CH]c1cc2c(nc1[CH])OCO2. The summed E-state index contributed by atoms with van der Waals surface area (Å²) >= 11 is 0. The van der Waals surface area contributed by atoms with Crippen LogP contribution in [0.5, 0.6) is 11.6 Å². The summed E-state index contributed by atoms with van der Waals surface area (Å²) in [6.07, 6.45) is 0. The summed E-state index contributed by atoms with van der Waals surface area (Å²) < 4.78 is 9.98. The van der Waals surface area contributed by atoms with E-state index >= 15 is 0 Å². The molecule has 4 radical (unpaired) electrons. The molecule has 0 N–H and O–H groups in total. The van der Waals surface area contributed by atoms with Crippen molar-refractivity contribution in [2.24, 2.45) is 0 Å². The van der Waals surface area contributed by atoms with Crippen molar-refractivity contribution in [3.05, 3.63) is 31.2 Å². The summed E-state index contributed by atoms with van der Waals surface area (Å²) in [6, 6.07) is 1.60. The summed E-state index contributed by atoms with van der Waals surface area (Å²) in [5, 5.41) is 0. The van der Waals surface area contributed by atoms with E-state index in [0.717, 1.165) is 0 Å². The molecule has 0 aromatic carbocycles. The molecule has 0 unspecified atom stereocenters. The number of rotatable bonds is 0. The summed E-state index contributed by atoms with van der Waals surface area (Å²) in [7, 11) is 0. The third kappa shape index (κ3) is 0.926. The van der Waals surface area contributed by atoms with Crippen LogP contribution in [0.15, 0.2) is 6.07 Å². The maximum absolute atomic E-state index is 5.47. The lowest BCUT2D eigenvalue weighted by atomic mass is 10.2. The minimum atomic E-state index is 0.186. The normalized spacial score (nSPS) is 13.6. The molecule has 1 aliphatic heterocycles. The van der Waals surface area contributed by atoms with Crippen molar-refractivity contribution >= 4 is 0 Å². The Morgan fingerprint density at radius 3 is 3.00 bits per heavy atom. The second kappa shape index (κ2) is 2.12. The van der Waals surface area contributed by atoms with Gasteiger partial charge in [-0.15, -0.1) is 0 Å². The van der Waals surface area contributed by atoms with Gasteiger partial charge in [-0.3, -0.25) is 0 Å². The number of nitrogens with zero attached hydrogens (tertiary/aromatic N) is 1. The van der Waals surface area contributed by atoms with E-state index in [1.54, 1.807) is 6.07 Å². The largest absolute Gasteiger partial charge is 0.452 e. The average molecular weight is 147 g/mol. The number of ether oxygens (including phenoxy) is 2. The molecule has 3 heteroatoms. The predicted molar refractivity (Wildman–Crippen MR) is 37.2 cm³/mol. The Hall–Kier alpha value is -1.25. The smallest absolute Gasteiger partial charge is 0.260 e. The summed E-state index contributed by atoms with van der Waals surface area (Å²) in [4.78, 5) is 3.86. The van der Waals surface area contributed by atoms with Gasteiger partial charge in [0.25, 0.3) is 5.88 Å². The number of aromatic nitrogens is 1. The summed E-state index contributed by atoms with van der Waals surface area (Å²) in [6.45, 7) is 11.1. The van der Waals surface area contributed by atoms with Crippen molar-refractivity contribution in [2.75, 3.05) is 6.79 Å². The maximum Gasteiger partial charge on any atom is 0.260 e. The monoisotopic (exact) mass is 147 g/mol. The Bertz CT molecular complexity index is 267. The van der Waals surface area contributed by atoms with Gasteiger partial charge in [-0.2, -0.15) is 0 Å². The highest BCUT2D eigenvalue weighted by Crippen LogP contribution is 2.30. The van der Waals surface area contributed by atoms with Crippen molar-refractivity contribution in [1.29, 1.82) is 0 Å². The highest BCUT2D eigenvalue weighted by Gasteiger charge is 2.15. The molecule has 54 valence electrons. The van der Waals surface area contributed by atoms with Crippen LogP contribution < -0.4 is 9.47 Å². The van der Waals surface area contributed by atoms with Gasteiger partial charge in [-0.05, 0) is 11.6 Å². The van der Waals surface area contributed by atoms with Gasteiger partial charge in [0.2, 0.25) is 6.79 Å². The Labute approximate surface area is 65.0 Å². The molecule has 0 bridgehead atoms. The molecular formula is C8H5NO2. The highest BCUT2D eigenvalue weighted by molar-refractivity contribution is 5.43. The standard InChI is InChI=1S/C8H5NO2/c1-5-3-7-8(9-6(5)2)11-4-10-7/h1-3H,4H2. The van der Waals surface area contributed by atoms with Gasteiger partial charge < -0.3 is 9.47 Å². The van der Waals surface area contributed by atoms with Crippen molar-refractivity contribution < 1.29 is 9.47 Å². The van der Waals surface area contributed by atoms with E-state index in [1.165, 1.54) is 0 Å². The zero-order valence-corrected chi connectivity index (χ0v) is 5.70. The summed E-state index contributed by atoms with van der Waals surface area (Å²) in [5.41, 5.74) is 0.684. The molecule has 3 nitrogen and oxygen atoms in total. The average Bonchev–Trinajstić information content (AvgIpc) is 2.36.